The number of aromatic nitrogens is 2. The molecular formula is C15H15N3O3. The number of methoxy groups -OCH3 is 2. The highest BCUT2D eigenvalue weighted by Gasteiger charge is 2.10. The van der Waals surface area contributed by atoms with E-state index in [2.05, 4.69) is 4.98 Å². The molecule has 2 rings (SSSR count). The molecular weight excluding hydrogens is 270 g/mol. The van der Waals surface area contributed by atoms with Crippen molar-refractivity contribution < 1.29 is 9.47 Å². The van der Waals surface area contributed by atoms with E-state index in [1.165, 1.54) is 24.9 Å². The lowest BCUT2D eigenvalue weighted by molar-refractivity contribution is 0.349. The average Bonchev–Trinajstić information content (AvgIpc) is 2.49. The molecule has 0 fully saturated rings. The van der Waals surface area contributed by atoms with E-state index in [1.807, 2.05) is 6.07 Å². The Morgan fingerprint density at radius 2 is 2.05 bits per heavy atom. The number of benzene rings is 1. The molecule has 0 saturated carbocycles. The van der Waals surface area contributed by atoms with Crippen LogP contribution in [0.1, 0.15) is 16.8 Å². The van der Waals surface area contributed by atoms with E-state index >= 15 is 0 Å². The average molecular weight is 285 g/mol. The predicted octanol–water partition coefficient (Wildman–Crippen LogP) is 1.49. The van der Waals surface area contributed by atoms with Crippen molar-refractivity contribution in [2.45, 2.75) is 13.5 Å². The monoisotopic (exact) mass is 285 g/mol. The predicted molar refractivity (Wildman–Crippen MR) is 76.6 cm³/mol. The molecule has 1 aromatic carbocycles. The molecule has 0 aliphatic rings. The number of nitriles is 1. The second kappa shape index (κ2) is 6.09. The van der Waals surface area contributed by atoms with Crippen molar-refractivity contribution >= 4 is 0 Å². The molecule has 0 saturated heterocycles. The lowest BCUT2D eigenvalue weighted by Gasteiger charge is -2.12. The zero-order chi connectivity index (χ0) is 15.4. The minimum Gasteiger partial charge on any atom is -0.495 e. The van der Waals surface area contributed by atoms with Gasteiger partial charge in [-0.25, -0.2) is 4.98 Å². The maximum absolute atomic E-state index is 12.1. The first-order chi connectivity index (χ1) is 10.1. The Morgan fingerprint density at radius 1 is 1.29 bits per heavy atom. The van der Waals surface area contributed by atoms with Gasteiger partial charge in [0, 0.05) is 11.8 Å². The highest BCUT2D eigenvalue weighted by atomic mass is 16.5. The number of ether oxygens (including phenoxy) is 2. The molecule has 6 nitrogen and oxygen atoms in total. The molecule has 108 valence electrons. The largest absolute Gasteiger partial charge is 0.495 e. The van der Waals surface area contributed by atoms with Gasteiger partial charge in [0.25, 0.3) is 11.6 Å². The molecule has 2 aromatic rings. The summed E-state index contributed by atoms with van der Waals surface area (Å²) in [5.74, 6) is 0.474. The highest BCUT2D eigenvalue weighted by Crippen LogP contribution is 2.20. The quantitative estimate of drug-likeness (QED) is 0.850. The van der Waals surface area contributed by atoms with Crippen molar-refractivity contribution in [3.63, 3.8) is 0 Å². The molecule has 6 heteroatoms. The van der Waals surface area contributed by atoms with Crippen LogP contribution in [0.25, 0.3) is 0 Å². The zero-order valence-electron chi connectivity index (χ0n) is 12.1. The summed E-state index contributed by atoms with van der Waals surface area (Å²) < 4.78 is 11.7. The van der Waals surface area contributed by atoms with Gasteiger partial charge in [-0.15, -0.1) is 0 Å². The van der Waals surface area contributed by atoms with Gasteiger partial charge in [0.2, 0.25) is 0 Å². The van der Waals surface area contributed by atoms with Crippen LogP contribution in [0.2, 0.25) is 0 Å². The normalized spacial score (nSPS) is 10.0. The summed E-state index contributed by atoms with van der Waals surface area (Å²) in [4.78, 5) is 16.2. The Morgan fingerprint density at radius 3 is 2.67 bits per heavy atom. The number of aryl methyl sites for hydroxylation is 1. The second-order valence-electron chi connectivity index (χ2n) is 4.46. The van der Waals surface area contributed by atoms with Crippen molar-refractivity contribution in [1.29, 1.82) is 5.26 Å². The molecule has 0 aliphatic carbocycles. The van der Waals surface area contributed by atoms with E-state index in [0.29, 0.717) is 17.0 Å². The van der Waals surface area contributed by atoms with E-state index in [0.717, 1.165) is 5.56 Å². The third kappa shape index (κ3) is 3.03. The van der Waals surface area contributed by atoms with Gasteiger partial charge in [-0.1, -0.05) is 6.07 Å². The van der Waals surface area contributed by atoms with Gasteiger partial charge in [-0.3, -0.25) is 9.36 Å². The van der Waals surface area contributed by atoms with E-state index in [-0.39, 0.29) is 18.1 Å². The van der Waals surface area contributed by atoms with Crippen LogP contribution in [0, 0.1) is 18.3 Å². The molecule has 0 N–H and O–H groups in total. The molecule has 0 radical (unpaired) electrons. The Labute approximate surface area is 122 Å². The summed E-state index contributed by atoms with van der Waals surface area (Å²) >= 11 is 0. The lowest BCUT2D eigenvalue weighted by Crippen LogP contribution is -2.23. The standard InChI is InChI=1S/C15H15N3O3/c1-10-6-14(19)18(15(17-10)21-3)9-11-4-5-12(8-16)13(7-11)20-2/h4-7H,9H2,1-3H3. The third-order valence-electron chi connectivity index (χ3n) is 3.01. The first-order valence-electron chi connectivity index (χ1n) is 6.28. The molecule has 21 heavy (non-hydrogen) atoms. The van der Waals surface area contributed by atoms with Crippen LogP contribution in [-0.4, -0.2) is 23.8 Å². The minimum absolute atomic E-state index is 0.192. The summed E-state index contributed by atoms with van der Waals surface area (Å²) in [7, 11) is 2.97. The van der Waals surface area contributed by atoms with Crippen molar-refractivity contribution in [3.05, 3.63) is 51.4 Å². The fraction of sp³-hybridized carbons (Fsp3) is 0.267. The summed E-state index contributed by atoms with van der Waals surface area (Å²) in [6.07, 6.45) is 0. The van der Waals surface area contributed by atoms with Crippen LogP contribution in [0.3, 0.4) is 0 Å². The molecule has 0 aliphatic heterocycles. The van der Waals surface area contributed by atoms with Crippen LogP contribution in [0.4, 0.5) is 0 Å². The van der Waals surface area contributed by atoms with Crippen molar-refractivity contribution in [1.82, 2.24) is 9.55 Å². The number of rotatable bonds is 4. The van der Waals surface area contributed by atoms with Crippen LogP contribution in [-0.2, 0) is 6.54 Å². The van der Waals surface area contributed by atoms with Crippen LogP contribution in [0.15, 0.2) is 29.1 Å². The van der Waals surface area contributed by atoms with E-state index in [1.54, 1.807) is 25.1 Å². The molecule has 0 spiro atoms. The summed E-state index contributed by atoms with van der Waals surface area (Å²) in [6, 6.07) is 8.91. The maximum Gasteiger partial charge on any atom is 0.299 e. The Bertz CT molecular complexity index is 760. The van der Waals surface area contributed by atoms with Gasteiger partial charge >= 0.3 is 0 Å². The van der Waals surface area contributed by atoms with Crippen molar-refractivity contribution in [2.24, 2.45) is 0 Å². The van der Waals surface area contributed by atoms with E-state index in [4.69, 9.17) is 14.7 Å². The van der Waals surface area contributed by atoms with Gasteiger partial charge in [-0.05, 0) is 24.6 Å². The van der Waals surface area contributed by atoms with E-state index in [9.17, 15) is 4.79 Å². The fourth-order valence-electron chi connectivity index (χ4n) is 2.00. The van der Waals surface area contributed by atoms with Gasteiger partial charge in [0.05, 0.1) is 26.3 Å². The Balaban J connectivity index is 2.44. The molecule has 0 unspecified atom stereocenters. The van der Waals surface area contributed by atoms with Crippen LogP contribution in [0.5, 0.6) is 11.8 Å². The summed E-state index contributed by atoms with van der Waals surface area (Å²) in [5.41, 5.74) is 1.67. The van der Waals surface area contributed by atoms with Crippen LogP contribution < -0.4 is 15.0 Å². The van der Waals surface area contributed by atoms with E-state index < -0.39 is 0 Å². The maximum atomic E-state index is 12.1. The highest BCUT2D eigenvalue weighted by molar-refractivity contribution is 5.45. The minimum atomic E-state index is -0.192. The molecule has 0 bridgehead atoms. The summed E-state index contributed by atoms with van der Waals surface area (Å²) in [5, 5.41) is 8.97. The zero-order valence-corrected chi connectivity index (χ0v) is 12.1. The summed E-state index contributed by atoms with van der Waals surface area (Å²) in [6.45, 7) is 2.02. The number of nitrogens with zero attached hydrogens (tertiary/aromatic N) is 3. The van der Waals surface area contributed by atoms with Gasteiger partial charge < -0.3 is 9.47 Å². The fourth-order valence-corrected chi connectivity index (χ4v) is 2.00. The van der Waals surface area contributed by atoms with Crippen molar-refractivity contribution in [2.75, 3.05) is 14.2 Å². The Kier molecular flexibility index (Phi) is 4.24. The topological polar surface area (TPSA) is 77.1 Å². The molecule has 1 heterocycles. The lowest BCUT2D eigenvalue weighted by atomic mass is 10.1. The first kappa shape index (κ1) is 14.6. The smallest absolute Gasteiger partial charge is 0.299 e. The molecule has 1 aromatic heterocycles. The third-order valence-corrected chi connectivity index (χ3v) is 3.01. The SMILES string of the molecule is COc1cc(Cn2c(OC)nc(C)cc2=O)ccc1C#N. The molecule has 0 amide bonds. The van der Waals surface area contributed by atoms with Crippen LogP contribution >= 0.6 is 0 Å². The van der Waals surface area contributed by atoms with Gasteiger partial charge in [0.15, 0.2) is 0 Å². The second-order valence-corrected chi connectivity index (χ2v) is 4.46. The number of hydrogen-bond donors (Lipinski definition) is 0. The molecule has 0 atom stereocenters. The number of hydrogen-bond acceptors (Lipinski definition) is 5. The first-order valence-corrected chi connectivity index (χ1v) is 6.28. The Hall–Kier alpha value is -2.81. The van der Waals surface area contributed by atoms with Gasteiger partial charge in [-0.2, -0.15) is 5.26 Å². The van der Waals surface area contributed by atoms with Crippen molar-refractivity contribution in [3.8, 4) is 17.8 Å². The van der Waals surface area contributed by atoms with Gasteiger partial charge in [0.1, 0.15) is 11.8 Å².